The number of carboxylic acid groups (broad SMARTS) is 1. The van der Waals surface area contributed by atoms with Crippen LogP contribution in [0.25, 0.3) is 10.8 Å². The number of carbonyl (C=O) groups is 2. The molecule has 1 saturated heterocycles. The number of aliphatic hydroxyl groups is 1. The third kappa shape index (κ3) is 4.50. The Hall–Kier alpha value is -2.46. The first-order chi connectivity index (χ1) is 13.4. The van der Waals surface area contributed by atoms with Crippen molar-refractivity contribution in [1.82, 2.24) is 15.0 Å². The van der Waals surface area contributed by atoms with Crippen LogP contribution in [0.1, 0.15) is 20.3 Å². The number of nitrogens with zero attached hydrogens (tertiary/aromatic N) is 4. The molecule has 0 radical (unpaired) electrons. The molecule has 2 aromatic heterocycles. The van der Waals surface area contributed by atoms with Crippen molar-refractivity contribution in [3.05, 3.63) is 17.5 Å². The lowest BCUT2D eigenvalue weighted by molar-refractivity contribution is -0.157. The molecule has 0 saturated carbocycles. The quantitative estimate of drug-likeness (QED) is 0.708. The average Bonchev–Trinajstić information content (AvgIpc) is 3.36. The Kier molecular flexibility index (Phi) is 6.30. The van der Waals surface area contributed by atoms with Gasteiger partial charge in [0.25, 0.3) is 11.8 Å². The summed E-state index contributed by atoms with van der Waals surface area (Å²) in [6.07, 6.45) is -1.37. The van der Waals surface area contributed by atoms with Crippen LogP contribution in [0, 0.1) is 11.8 Å². The second-order valence-electron chi connectivity index (χ2n) is 7.21. The summed E-state index contributed by atoms with van der Waals surface area (Å²) in [5.74, 6) is -1.61. The number of aromatic nitrogens is 2. The average molecular weight is 408 g/mol. The molecule has 0 aliphatic carbocycles. The number of carboxylic acids is 1. The van der Waals surface area contributed by atoms with Gasteiger partial charge in [0, 0.05) is 26.2 Å². The van der Waals surface area contributed by atoms with E-state index in [2.05, 4.69) is 10.1 Å². The maximum atomic E-state index is 12.8. The van der Waals surface area contributed by atoms with Crippen molar-refractivity contribution >= 4 is 29.2 Å². The molecule has 1 amide bonds. The minimum atomic E-state index is -1.70. The summed E-state index contributed by atoms with van der Waals surface area (Å²) in [6, 6.07) is 3.81. The van der Waals surface area contributed by atoms with Crippen molar-refractivity contribution in [3.63, 3.8) is 0 Å². The summed E-state index contributed by atoms with van der Waals surface area (Å²) < 4.78 is 5.31. The molecule has 0 unspecified atom stereocenters. The third-order valence-electron chi connectivity index (χ3n) is 4.70. The highest BCUT2D eigenvalue weighted by molar-refractivity contribution is 7.13. The van der Waals surface area contributed by atoms with E-state index in [0.717, 1.165) is 4.88 Å². The van der Waals surface area contributed by atoms with E-state index >= 15 is 0 Å². The van der Waals surface area contributed by atoms with Gasteiger partial charge in [-0.2, -0.15) is 4.98 Å². The molecule has 0 spiro atoms. The lowest BCUT2D eigenvalue weighted by atomic mass is 9.90. The number of rotatable bonds is 7. The molecule has 28 heavy (non-hydrogen) atoms. The van der Waals surface area contributed by atoms with Crippen LogP contribution in [0.5, 0.6) is 0 Å². The molecule has 2 aromatic rings. The molecule has 2 atom stereocenters. The van der Waals surface area contributed by atoms with E-state index in [0.29, 0.717) is 44.4 Å². The molecule has 152 valence electrons. The second kappa shape index (κ2) is 8.70. The molecule has 1 aliphatic rings. The summed E-state index contributed by atoms with van der Waals surface area (Å²) in [4.78, 5) is 32.8. The van der Waals surface area contributed by atoms with E-state index in [1.54, 1.807) is 4.90 Å². The number of amides is 1. The van der Waals surface area contributed by atoms with E-state index in [1.165, 1.54) is 11.3 Å². The van der Waals surface area contributed by atoms with Crippen LogP contribution in [0.3, 0.4) is 0 Å². The first kappa shape index (κ1) is 20.3. The van der Waals surface area contributed by atoms with Crippen molar-refractivity contribution in [2.24, 2.45) is 11.8 Å². The van der Waals surface area contributed by atoms with Crippen LogP contribution < -0.4 is 4.90 Å². The maximum Gasteiger partial charge on any atom is 0.333 e. The SMILES string of the molecule is CC(C)C[C@H](C(=O)N1CCN(c2noc(-c3cccs3)n2)CC1)[C@@H](O)C(=O)O. The molecule has 0 aromatic carbocycles. The van der Waals surface area contributed by atoms with Gasteiger partial charge in [0.1, 0.15) is 0 Å². The van der Waals surface area contributed by atoms with Gasteiger partial charge in [0.05, 0.1) is 10.8 Å². The number of aliphatic carboxylic acids is 1. The topological polar surface area (TPSA) is 120 Å². The highest BCUT2D eigenvalue weighted by Gasteiger charge is 2.36. The predicted molar refractivity (Wildman–Crippen MR) is 103 cm³/mol. The monoisotopic (exact) mass is 408 g/mol. The van der Waals surface area contributed by atoms with Gasteiger partial charge in [-0.05, 0) is 28.9 Å². The Bertz CT molecular complexity index is 799. The number of aliphatic hydroxyl groups excluding tert-OH is 1. The van der Waals surface area contributed by atoms with Crippen molar-refractivity contribution in [2.75, 3.05) is 31.1 Å². The van der Waals surface area contributed by atoms with E-state index in [-0.39, 0.29) is 11.8 Å². The fraction of sp³-hybridized carbons (Fsp3) is 0.556. The minimum Gasteiger partial charge on any atom is -0.479 e. The van der Waals surface area contributed by atoms with Gasteiger partial charge in [-0.25, -0.2) is 4.79 Å². The molecular formula is C18H24N4O5S. The summed E-state index contributed by atoms with van der Waals surface area (Å²) in [5, 5.41) is 25.0. The smallest absolute Gasteiger partial charge is 0.333 e. The second-order valence-corrected chi connectivity index (χ2v) is 8.16. The summed E-state index contributed by atoms with van der Waals surface area (Å²) in [5.41, 5.74) is 0. The van der Waals surface area contributed by atoms with Crippen LogP contribution in [-0.4, -0.2) is 69.4 Å². The van der Waals surface area contributed by atoms with E-state index in [4.69, 9.17) is 9.63 Å². The molecule has 0 bridgehead atoms. The number of hydrogen-bond donors (Lipinski definition) is 2. The van der Waals surface area contributed by atoms with E-state index in [9.17, 15) is 14.7 Å². The molecule has 3 heterocycles. The Morgan fingerprint density at radius 2 is 2.00 bits per heavy atom. The summed E-state index contributed by atoms with van der Waals surface area (Å²) in [7, 11) is 0. The zero-order chi connectivity index (χ0) is 20.3. The Morgan fingerprint density at radius 3 is 2.57 bits per heavy atom. The molecule has 9 nitrogen and oxygen atoms in total. The number of piperazine rings is 1. The third-order valence-corrected chi connectivity index (χ3v) is 5.56. The van der Waals surface area contributed by atoms with Crippen molar-refractivity contribution in [3.8, 4) is 10.8 Å². The highest BCUT2D eigenvalue weighted by Crippen LogP contribution is 2.25. The number of carbonyl (C=O) groups excluding carboxylic acids is 1. The van der Waals surface area contributed by atoms with Crippen LogP contribution in [0.2, 0.25) is 0 Å². The van der Waals surface area contributed by atoms with Crippen LogP contribution in [0.4, 0.5) is 5.95 Å². The first-order valence-electron chi connectivity index (χ1n) is 9.19. The van der Waals surface area contributed by atoms with Gasteiger partial charge >= 0.3 is 5.97 Å². The van der Waals surface area contributed by atoms with Crippen LogP contribution in [0.15, 0.2) is 22.0 Å². The lowest BCUT2D eigenvalue weighted by Gasteiger charge is -2.36. The molecular weight excluding hydrogens is 384 g/mol. The van der Waals surface area contributed by atoms with Crippen molar-refractivity contribution < 1.29 is 24.3 Å². The van der Waals surface area contributed by atoms with Crippen molar-refractivity contribution in [2.45, 2.75) is 26.4 Å². The van der Waals surface area contributed by atoms with E-state index < -0.39 is 18.0 Å². The first-order valence-corrected chi connectivity index (χ1v) is 10.1. The number of hydrogen-bond acceptors (Lipinski definition) is 8. The largest absolute Gasteiger partial charge is 0.479 e. The van der Waals surface area contributed by atoms with Gasteiger partial charge in [0.15, 0.2) is 6.10 Å². The molecule has 1 aliphatic heterocycles. The van der Waals surface area contributed by atoms with Crippen LogP contribution in [-0.2, 0) is 9.59 Å². The lowest BCUT2D eigenvalue weighted by Crippen LogP contribution is -2.53. The van der Waals surface area contributed by atoms with Gasteiger partial charge < -0.3 is 24.5 Å². The summed E-state index contributed by atoms with van der Waals surface area (Å²) >= 11 is 1.51. The fourth-order valence-corrected chi connectivity index (χ4v) is 3.90. The fourth-order valence-electron chi connectivity index (χ4n) is 3.25. The zero-order valence-corrected chi connectivity index (χ0v) is 16.6. The standard InChI is InChI=1S/C18H24N4O5S/c1-11(2)10-12(14(23)17(25)26)16(24)21-5-7-22(8-6-21)18-19-15(27-20-18)13-4-3-9-28-13/h3-4,9,11-12,14,23H,5-8,10H2,1-2H3,(H,25,26)/t12-,14+/m0/s1. The molecule has 3 rings (SSSR count). The number of thiophene rings is 1. The van der Waals surface area contributed by atoms with Gasteiger partial charge in [-0.1, -0.05) is 19.9 Å². The molecule has 2 N–H and O–H groups in total. The van der Waals surface area contributed by atoms with Gasteiger partial charge in [0.2, 0.25) is 5.91 Å². The van der Waals surface area contributed by atoms with Crippen LogP contribution >= 0.6 is 11.3 Å². The Labute approximate surface area is 166 Å². The molecule has 10 heteroatoms. The zero-order valence-electron chi connectivity index (χ0n) is 15.8. The Morgan fingerprint density at radius 1 is 1.29 bits per heavy atom. The van der Waals surface area contributed by atoms with Gasteiger partial charge in [-0.3, -0.25) is 4.79 Å². The number of anilines is 1. The van der Waals surface area contributed by atoms with E-state index in [1.807, 2.05) is 36.3 Å². The van der Waals surface area contributed by atoms with Gasteiger partial charge in [-0.15, -0.1) is 11.3 Å². The maximum absolute atomic E-state index is 12.8. The Balaban J connectivity index is 1.62. The summed E-state index contributed by atoms with van der Waals surface area (Å²) in [6.45, 7) is 5.62. The van der Waals surface area contributed by atoms with Crippen molar-refractivity contribution in [1.29, 1.82) is 0 Å². The normalized spacial score (nSPS) is 17.0. The highest BCUT2D eigenvalue weighted by atomic mass is 32.1. The predicted octanol–water partition coefficient (Wildman–Crippen LogP) is 1.55. The minimum absolute atomic E-state index is 0.0965. The molecule has 1 fully saturated rings.